The smallest absolute Gasteiger partial charge is 0.253 e. The van der Waals surface area contributed by atoms with E-state index in [1.54, 1.807) is 12.4 Å². The maximum absolute atomic E-state index is 11.8. The Morgan fingerprint density at radius 3 is 3.06 bits per heavy atom. The summed E-state index contributed by atoms with van der Waals surface area (Å²) < 4.78 is 0. The van der Waals surface area contributed by atoms with Crippen LogP contribution in [0.25, 0.3) is 11.0 Å². The first kappa shape index (κ1) is 9.27. The number of fused-ring (bicyclic) bond motifs is 1. The highest BCUT2D eigenvalue weighted by Gasteiger charge is 2.23. The summed E-state index contributed by atoms with van der Waals surface area (Å²) in [5.74, 6) is -0.0410. The summed E-state index contributed by atoms with van der Waals surface area (Å²) in [6, 6.07) is 5.94. The van der Waals surface area contributed by atoms with Crippen LogP contribution in [0, 0.1) is 0 Å². The fourth-order valence-electron chi connectivity index (χ4n) is 1.59. The summed E-state index contributed by atoms with van der Waals surface area (Å²) in [5.41, 5.74) is 1.28. The molecule has 0 radical (unpaired) electrons. The third kappa shape index (κ3) is 1.74. The molecule has 0 atom stereocenters. The number of carbonyl (C=O) groups is 1. The molecular weight excluding hydrogens is 202 g/mol. The van der Waals surface area contributed by atoms with Crippen molar-refractivity contribution in [3.05, 3.63) is 36.2 Å². The zero-order valence-corrected chi connectivity index (χ0v) is 8.68. The molecule has 1 amide bonds. The Hall–Kier alpha value is -1.97. The number of nitrogens with zero attached hydrogens (tertiary/aromatic N) is 2. The Morgan fingerprint density at radius 2 is 2.25 bits per heavy atom. The summed E-state index contributed by atoms with van der Waals surface area (Å²) in [4.78, 5) is 20.0. The molecule has 1 saturated carbocycles. The maximum Gasteiger partial charge on any atom is 0.253 e. The number of carbonyl (C=O) groups excluding carboxylic acids is 1. The summed E-state index contributed by atoms with van der Waals surface area (Å²) in [5, 5.41) is 3.83. The molecule has 0 spiro atoms. The first-order chi connectivity index (χ1) is 7.83. The van der Waals surface area contributed by atoms with Crippen LogP contribution in [-0.4, -0.2) is 21.9 Å². The molecule has 0 aliphatic heterocycles. The van der Waals surface area contributed by atoms with Crippen LogP contribution in [0.5, 0.6) is 0 Å². The van der Waals surface area contributed by atoms with E-state index in [1.807, 2.05) is 18.2 Å². The van der Waals surface area contributed by atoms with Gasteiger partial charge in [-0.1, -0.05) is 0 Å². The van der Waals surface area contributed by atoms with Crippen molar-refractivity contribution in [2.45, 2.75) is 18.9 Å². The van der Waals surface area contributed by atoms with Crippen LogP contribution in [0.2, 0.25) is 0 Å². The van der Waals surface area contributed by atoms with Gasteiger partial charge in [-0.2, -0.15) is 0 Å². The van der Waals surface area contributed by atoms with Crippen LogP contribution in [0.4, 0.5) is 0 Å². The third-order valence-corrected chi connectivity index (χ3v) is 2.63. The van der Waals surface area contributed by atoms with Crippen molar-refractivity contribution >= 4 is 16.9 Å². The molecular formula is C12H11N3O. The SMILES string of the molecule is O=C(NC1CC1)c1cnc2ncccc2c1. The molecule has 4 heteroatoms. The number of pyridine rings is 2. The standard InChI is InChI=1S/C12H11N3O/c16-12(15-10-3-4-10)9-6-8-2-1-5-13-11(8)14-7-9/h1-2,5-7,10H,3-4H2,(H,15,16). The van der Waals surface area contributed by atoms with E-state index in [1.165, 1.54) is 0 Å². The number of aromatic nitrogens is 2. The molecule has 0 aromatic carbocycles. The highest BCUT2D eigenvalue weighted by molar-refractivity contribution is 5.97. The molecule has 4 nitrogen and oxygen atoms in total. The van der Waals surface area contributed by atoms with Gasteiger partial charge in [0, 0.05) is 23.8 Å². The average Bonchev–Trinajstić information content (AvgIpc) is 3.12. The number of amides is 1. The Balaban J connectivity index is 1.94. The molecule has 80 valence electrons. The average molecular weight is 213 g/mol. The molecule has 0 bridgehead atoms. The van der Waals surface area contributed by atoms with Crippen molar-refractivity contribution < 1.29 is 4.79 Å². The summed E-state index contributed by atoms with van der Waals surface area (Å²) in [6.45, 7) is 0. The molecule has 2 aromatic rings. The monoisotopic (exact) mass is 213 g/mol. The van der Waals surface area contributed by atoms with E-state index < -0.39 is 0 Å². The molecule has 1 aliphatic carbocycles. The van der Waals surface area contributed by atoms with Crippen LogP contribution in [0.1, 0.15) is 23.2 Å². The van der Waals surface area contributed by atoms with Gasteiger partial charge in [0.05, 0.1) is 5.56 Å². The molecule has 16 heavy (non-hydrogen) atoms. The number of hydrogen-bond acceptors (Lipinski definition) is 3. The fraction of sp³-hybridized carbons (Fsp3) is 0.250. The molecule has 1 fully saturated rings. The van der Waals surface area contributed by atoms with Crippen molar-refractivity contribution in [3.8, 4) is 0 Å². The van der Waals surface area contributed by atoms with Crippen molar-refractivity contribution in [2.24, 2.45) is 0 Å². The normalized spacial score (nSPS) is 15.0. The second-order valence-corrected chi connectivity index (χ2v) is 4.02. The first-order valence-electron chi connectivity index (χ1n) is 5.34. The zero-order valence-electron chi connectivity index (χ0n) is 8.68. The van der Waals surface area contributed by atoms with Crippen molar-refractivity contribution in [1.82, 2.24) is 15.3 Å². The fourth-order valence-corrected chi connectivity index (χ4v) is 1.59. The second kappa shape index (κ2) is 3.56. The van der Waals surface area contributed by atoms with E-state index in [0.29, 0.717) is 17.3 Å². The van der Waals surface area contributed by atoms with Gasteiger partial charge >= 0.3 is 0 Å². The van der Waals surface area contributed by atoms with Crippen molar-refractivity contribution in [1.29, 1.82) is 0 Å². The lowest BCUT2D eigenvalue weighted by Crippen LogP contribution is -2.25. The Labute approximate surface area is 92.7 Å². The molecule has 1 N–H and O–H groups in total. The van der Waals surface area contributed by atoms with Crippen LogP contribution in [-0.2, 0) is 0 Å². The molecule has 1 aliphatic rings. The lowest BCUT2D eigenvalue weighted by molar-refractivity contribution is 0.0951. The predicted octanol–water partition coefficient (Wildman–Crippen LogP) is 1.52. The Bertz CT molecular complexity index is 549. The van der Waals surface area contributed by atoms with E-state index in [2.05, 4.69) is 15.3 Å². The minimum atomic E-state index is -0.0410. The highest BCUT2D eigenvalue weighted by Crippen LogP contribution is 2.19. The van der Waals surface area contributed by atoms with Crippen LogP contribution < -0.4 is 5.32 Å². The van der Waals surface area contributed by atoms with Crippen LogP contribution >= 0.6 is 0 Å². The summed E-state index contributed by atoms with van der Waals surface area (Å²) in [7, 11) is 0. The van der Waals surface area contributed by atoms with E-state index in [9.17, 15) is 4.79 Å². The van der Waals surface area contributed by atoms with Gasteiger partial charge in [0.25, 0.3) is 5.91 Å². The number of hydrogen-bond donors (Lipinski definition) is 1. The van der Waals surface area contributed by atoms with E-state index in [4.69, 9.17) is 0 Å². The molecule has 2 aromatic heterocycles. The van der Waals surface area contributed by atoms with Crippen molar-refractivity contribution in [3.63, 3.8) is 0 Å². The van der Waals surface area contributed by atoms with Crippen LogP contribution in [0.3, 0.4) is 0 Å². The van der Waals surface area contributed by atoms with Crippen molar-refractivity contribution in [2.75, 3.05) is 0 Å². The largest absolute Gasteiger partial charge is 0.349 e. The van der Waals surface area contributed by atoms with E-state index in [-0.39, 0.29) is 5.91 Å². The topological polar surface area (TPSA) is 54.9 Å². The molecule has 0 unspecified atom stereocenters. The third-order valence-electron chi connectivity index (χ3n) is 2.63. The quantitative estimate of drug-likeness (QED) is 0.822. The minimum absolute atomic E-state index is 0.0410. The minimum Gasteiger partial charge on any atom is -0.349 e. The van der Waals surface area contributed by atoms with E-state index in [0.717, 1.165) is 18.2 Å². The van der Waals surface area contributed by atoms with Gasteiger partial charge in [0.15, 0.2) is 5.65 Å². The van der Waals surface area contributed by atoms with Gasteiger partial charge < -0.3 is 5.32 Å². The van der Waals surface area contributed by atoms with Gasteiger partial charge in [0.2, 0.25) is 0 Å². The number of nitrogens with one attached hydrogen (secondary N) is 1. The van der Waals surface area contributed by atoms with Gasteiger partial charge in [-0.3, -0.25) is 4.79 Å². The van der Waals surface area contributed by atoms with Gasteiger partial charge in [-0.05, 0) is 31.0 Å². The zero-order chi connectivity index (χ0) is 11.0. The Morgan fingerprint density at radius 1 is 1.38 bits per heavy atom. The summed E-state index contributed by atoms with van der Waals surface area (Å²) in [6.07, 6.45) is 5.45. The predicted molar refractivity (Wildman–Crippen MR) is 60.0 cm³/mol. The lowest BCUT2D eigenvalue weighted by atomic mass is 10.2. The molecule has 2 heterocycles. The summed E-state index contributed by atoms with van der Waals surface area (Å²) >= 11 is 0. The van der Waals surface area contributed by atoms with Gasteiger partial charge in [-0.15, -0.1) is 0 Å². The van der Waals surface area contributed by atoms with Crippen LogP contribution in [0.15, 0.2) is 30.6 Å². The first-order valence-corrected chi connectivity index (χ1v) is 5.34. The second-order valence-electron chi connectivity index (χ2n) is 4.02. The number of rotatable bonds is 2. The highest BCUT2D eigenvalue weighted by atomic mass is 16.1. The van der Waals surface area contributed by atoms with Gasteiger partial charge in [-0.25, -0.2) is 9.97 Å². The Kier molecular flexibility index (Phi) is 2.06. The molecule has 0 saturated heterocycles. The van der Waals surface area contributed by atoms with E-state index >= 15 is 0 Å². The maximum atomic E-state index is 11.8. The van der Waals surface area contributed by atoms with Gasteiger partial charge in [0.1, 0.15) is 0 Å². The molecule has 3 rings (SSSR count). The lowest BCUT2D eigenvalue weighted by Gasteiger charge is -2.03.